The molecule has 1 aromatic heterocycles. The van der Waals surface area contributed by atoms with Gasteiger partial charge in [0.05, 0.1) is 16.7 Å². The Morgan fingerprint density at radius 2 is 1.65 bits per heavy atom. The highest BCUT2D eigenvalue weighted by atomic mass is 79.9. The summed E-state index contributed by atoms with van der Waals surface area (Å²) in [5, 5.41) is 4.36. The summed E-state index contributed by atoms with van der Waals surface area (Å²) in [6, 6.07) is 16.4. The van der Waals surface area contributed by atoms with E-state index in [-0.39, 0.29) is 10.6 Å². The van der Waals surface area contributed by atoms with Crippen molar-refractivity contribution in [1.82, 2.24) is 9.78 Å². The smallest absolute Gasteiger partial charge is 0.123 e. The summed E-state index contributed by atoms with van der Waals surface area (Å²) in [4.78, 5) is 0.000521. The molecule has 0 N–H and O–H groups in total. The highest BCUT2D eigenvalue weighted by Crippen LogP contribution is 2.30. The summed E-state index contributed by atoms with van der Waals surface area (Å²) >= 11 is 3.63. The van der Waals surface area contributed by atoms with Crippen molar-refractivity contribution in [3.8, 4) is 5.69 Å². The summed E-state index contributed by atoms with van der Waals surface area (Å²) < 4.78 is 14.8. The monoisotopic (exact) mass is 330 g/mol. The lowest BCUT2D eigenvalue weighted by Crippen LogP contribution is -1.94. The topological polar surface area (TPSA) is 17.8 Å². The Balaban J connectivity index is 1.88. The van der Waals surface area contributed by atoms with Gasteiger partial charge in [0.1, 0.15) is 5.82 Å². The fourth-order valence-electron chi connectivity index (χ4n) is 2.01. The molecule has 0 aliphatic heterocycles. The average molecular weight is 331 g/mol. The Morgan fingerprint density at radius 1 is 0.950 bits per heavy atom. The molecule has 2 aromatic carbocycles. The fourth-order valence-corrected chi connectivity index (χ4v) is 2.56. The predicted octanol–water partition coefficient (Wildman–Crippen LogP) is 4.50. The molecule has 2 nitrogen and oxygen atoms in total. The molecule has 0 fully saturated rings. The van der Waals surface area contributed by atoms with E-state index in [1.54, 1.807) is 12.1 Å². The summed E-state index contributed by atoms with van der Waals surface area (Å²) in [6.45, 7) is 0. The molecule has 0 bridgehead atoms. The molecular formula is C16H12BrFN2. The van der Waals surface area contributed by atoms with Gasteiger partial charge in [0.2, 0.25) is 0 Å². The van der Waals surface area contributed by atoms with Crippen molar-refractivity contribution in [3.63, 3.8) is 0 Å². The lowest BCUT2D eigenvalue weighted by molar-refractivity contribution is 0.627. The van der Waals surface area contributed by atoms with Gasteiger partial charge in [0.15, 0.2) is 0 Å². The Kier molecular flexibility index (Phi) is 3.65. The van der Waals surface area contributed by atoms with E-state index in [9.17, 15) is 4.39 Å². The number of nitrogens with zero attached hydrogens (tertiary/aromatic N) is 2. The zero-order chi connectivity index (χ0) is 13.9. The Bertz CT molecular complexity index is 692. The molecule has 1 unspecified atom stereocenters. The van der Waals surface area contributed by atoms with Crippen LogP contribution in [0.1, 0.15) is 16.0 Å². The molecule has 1 heterocycles. The molecule has 20 heavy (non-hydrogen) atoms. The highest BCUT2D eigenvalue weighted by Gasteiger charge is 2.13. The maximum atomic E-state index is 12.9. The molecule has 0 radical (unpaired) electrons. The number of aromatic nitrogens is 2. The third kappa shape index (κ3) is 2.65. The standard InChI is InChI=1S/C16H12BrFN2/c17-16(12-6-8-14(18)9-7-12)13-10-19-20(11-13)15-4-2-1-3-5-15/h1-11,16H. The molecule has 0 saturated heterocycles. The SMILES string of the molecule is Fc1ccc(C(Br)c2cnn(-c3ccccc3)c2)cc1. The van der Waals surface area contributed by atoms with E-state index in [2.05, 4.69) is 21.0 Å². The van der Waals surface area contributed by atoms with Gasteiger partial charge in [0, 0.05) is 11.8 Å². The van der Waals surface area contributed by atoms with E-state index in [0.29, 0.717) is 0 Å². The van der Waals surface area contributed by atoms with Crippen LogP contribution < -0.4 is 0 Å². The van der Waals surface area contributed by atoms with E-state index in [1.807, 2.05) is 47.4 Å². The second kappa shape index (κ2) is 5.59. The van der Waals surface area contributed by atoms with Gasteiger partial charge in [-0.1, -0.05) is 46.3 Å². The third-order valence-electron chi connectivity index (χ3n) is 3.08. The van der Waals surface area contributed by atoms with Gasteiger partial charge in [-0.3, -0.25) is 0 Å². The molecule has 0 aliphatic rings. The molecule has 4 heteroatoms. The van der Waals surface area contributed by atoms with Crippen LogP contribution in [0.25, 0.3) is 5.69 Å². The van der Waals surface area contributed by atoms with Crippen LogP contribution in [0.2, 0.25) is 0 Å². The van der Waals surface area contributed by atoms with Crippen LogP contribution in [0.4, 0.5) is 4.39 Å². The quantitative estimate of drug-likeness (QED) is 0.647. The van der Waals surface area contributed by atoms with E-state index in [4.69, 9.17) is 0 Å². The molecule has 3 aromatic rings. The number of rotatable bonds is 3. The molecule has 0 aliphatic carbocycles. The Morgan fingerprint density at radius 3 is 2.35 bits per heavy atom. The van der Waals surface area contributed by atoms with Crippen LogP contribution in [-0.4, -0.2) is 9.78 Å². The summed E-state index contributed by atoms with van der Waals surface area (Å²) in [7, 11) is 0. The van der Waals surface area contributed by atoms with Crippen molar-refractivity contribution in [2.75, 3.05) is 0 Å². The number of alkyl halides is 1. The first-order valence-corrected chi connectivity index (χ1v) is 7.15. The van der Waals surface area contributed by atoms with Gasteiger partial charge in [-0.05, 0) is 29.8 Å². The van der Waals surface area contributed by atoms with Crippen molar-refractivity contribution in [3.05, 3.63) is 83.9 Å². The molecule has 0 spiro atoms. The van der Waals surface area contributed by atoms with Gasteiger partial charge >= 0.3 is 0 Å². The van der Waals surface area contributed by atoms with Gasteiger partial charge in [-0.25, -0.2) is 9.07 Å². The number of hydrogen-bond donors (Lipinski definition) is 0. The van der Waals surface area contributed by atoms with Crippen LogP contribution in [-0.2, 0) is 0 Å². The van der Waals surface area contributed by atoms with Gasteiger partial charge in [0.25, 0.3) is 0 Å². The van der Waals surface area contributed by atoms with Gasteiger partial charge < -0.3 is 0 Å². The Labute approximate surface area is 125 Å². The van der Waals surface area contributed by atoms with Gasteiger partial charge in [-0.15, -0.1) is 0 Å². The summed E-state index contributed by atoms with van der Waals surface area (Å²) in [5.74, 6) is -0.228. The second-order valence-electron chi connectivity index (χ2n) is 4.47. The first-order valence-electron chi connectivity index (χ1n) is 6.23. The Hall–Kier alpha value is -1.94. The largest absolute Gasteiger partial charge is 0.241 e. The zero-order valence-electron chi connectivity index (χ0n) is 10.6. The first-order chi connectivity index (χ1) is 9.74. The van der Waals surface area contributed by atoms with Crippen LogP contribution in [0, 0.1) is 5.82 Å². The van der Waals surface area contributed by atoms with E-state index >= 15 is 0 Å². The second-order valence-corrected chi connectivity index (χ2v) is 5.38. The lowest BCUT2D eigenvalue weighted by Gasteiger charge is -2.07. The number of para-hydroxylation sites is 1. The number of halogens is 2. The van der Waals surface area contributed by atoms with Gasteiger partial charge in [-0.2, -0.15) is 5.10 Å². The normalized spacial score (nSPS) is 12.3. The van der Waals surface area contributed by atoms with Crippen LogP contribution in [0.15, 0.2) is 67.0 Å². The summed E-state index contributed by atoms with van der Waals surface area (Å²) in [5.41, 5.74) is 3.04. The number of benzene rings is 2. The lowest BCUT2D eigenvalue weighted by atomic mass is 10.1. The van der Waals surface area contributed by atoms with Crippen LogP contribution in [0.3, 0.4) is 0 Å². The molecular weight excluding hydrogens is 319 g/mol. The predicted molar refractivity (Wildman–Crippen MR) is 80.7 cm³/mol. The summed E-state index contributed by atoms with van der Waals surface area (Å²) in [6.07, 6.45) is 3.79. The fraction of sp³-hybridized carbons (Fsp3) is 0.0625. The van der Waals surface area contributed by atoms with Crippen molar-refractivity contribution < 1.29 is 4.39 Å². The van der Waals surface area contributed by atoms with Crippen molar-refractivity contribution in [2.24, 2.45) is 0 Å². The van der Waals surface area contributed by atoms with Crippen molar-refractivity contribution >= 4 is 15.9 Å². The maximum absolute atomic E-state index is 12.9. The van der Waals surface area contributed by atoms with Crippen LogP contribution >= 0.6 is 15.9 Å². The minimum atomic E-state index is -0.228. The molecule has 3 rings (SSSR count). The zero-order valence-corrected chi connectivity index (χ0v) is 12.2. The molecule has 1 atom stereocenters. The van der Waals surface area contributed by atoms with Crippen LogP contribution in [0.5, 0.6) is 0 Å². The average Bonchev–Trinajstić information content (AvgIpc) is 2.98. The highest BCUT2D eigenvalue weighted by molar-refractivity contribution is 9.09. The molecule has 0 saturated carbocycles. The first kappa shape index (κ1) is 13.1. The number of hydrogen-bond acceptors (Lipinski definition) is 1. The van der Waals surface area contributed by atoms with E-state index in [1.165, 1.54) is 12.1 Å². The van der Waals surface area contributed by atoms with Crippen molar-refractivity contribution in [2.45, 2.75) is 4.83 Å². The minimum Gasteiger partial charge on any atom is -0.241 e. The van der Waals surface area contributed by atoms with E-state index in [0.717, 1.165) is 16.8 Å². The third-order valence-corrected chi connectivity index (χ3v) is 4.14. The van der Waals surface area contributed by atoms with Crippen molar-refractivity contribution in [1.29, 1.82) is 0 Å². The van der Waals surface area contributed by atoms with E-state index < -0.39 is 0 Å². The molecule has 0 amide bonds. The molecule has 100 valence electrons. The maximum Gasteiger partial charge on any atom is 0.123 e. The minimum absolute atomic E-state index is 0.000521.